The van der Waals surface area contributed by atoms with E-state index in [0.29, 0.717) is 0 Å². The summed E-state index contributed by atoms with van der Waals surface area (Å²) in [7, 11) is 0. The van der Waals surface area contributed by atoms with E-state index in [9.17, 15) is 0 Å². The van der Waals surface area contributed by atoms with Crippen molar-refractivity contribution in [3.63, 3.8) is 0 Å². The molecule has 12 heavy (non-hydrogen) atoms. The van der Waals surface area contributed by atoms with Crippen molar-refractivity contribution in [3.8, 4) is 0 Å². The maximum Gasteiger partial charge on any atom is 2.00 e. The average molecular weight is 391 g/mol. The maximum atomic E-state index is 3.93. The van der Waals surface area contributed by atoms with E-state index in [1.807, 2.05) is 0 Å². The SMILES string of the molecule is [CH2-]C([CH2-])N1CCC(CCC)C1.[U+2]. The van der Waals surface area contributed by atoms with Crippen LogP contribution in [0.2, 0.25) is 0 Å². The summed E-state index contributed by atoms with van der Waals surface area (Å²) in [5.74, 6) is 0.922. The fraction of sp³-hybridized carbons (Fsp3) is 0.800. The summed E-state index contributed by atoms with van der Waals surface area (Å²) >= 11 is 0. The third-order valence-corrected chi connectivity index (χ3v) is 2.53. The Kier molecular flexibility index (Phi) is 7.01. The summed E-state index contributed by atoms with van der Waals surface area (Å²) in [6.45, 7) is 12.6. The summed E-state index contributed by atoms with van der Waals surface area (Å²) in [6.07, 6.45) is 4.05. The van der Waals surface area contributed by atoms with Crippen molar-refractivity contribution in [2.24, 2.45) is 5.92 Å². The molecule has 0 radical (unpaired) electrons. The van der Waals surface area contributed by atoms with Crippen LogP contribution in [0.3, 0.4) is 0 Å². The van der Waals surface area contributed by atoms with Gasteiger partial charge in [-0.2, -0.15) is 0 Å². The standard InChI is InChI=1S/C10H19N.U/c1-4-5-10-6-7-11(8-10)9(2)3;/h9-10H,2-8H2,1H3;/q-2;+2. The van der Waals surface area contributed by atoms with Gasteiger partial charge >= 0.3 is 31.1 Å². The molecule has 1 heterocycles. The van der Waals surface area contributed by atoms with Crippen molar-refractivity contribution in [2.75, 3.05) is 13.1 Å². The molecule has 68 valence electrons. The van der Waals surface area contributed by atoms with Gasteiger partial charge in [0, 0.05) is 0 Å². The van der Waals surface area contributed by atoms with Gasteiger partial charge in [-0.25, -0.2) is 6.04 Å². The Labute approximate surface area is 101 Å². The van der Waals surface area contributed by atoms with Crippen LogP contribution in [0.4, 0.5) is 0 Å². The predicted octanol–water partition coefficient (Wildman–Crippen LogP) is 2.15. The quantitative estimate of drug-likeness (QED) is 0.667. The Hall–Kier alpha value is 1.01. The van der Waals surface area contributed by atoms with Crippen molar-refractivity contribution in [1.82, 2.24) is 4.90 Å². The first-order valence-corrected chi connectivity index (χ1v) is 4.64. The first-order valence-electron chi connectivity index (χ1n) is 4.64. The number of likely N-dealkylation sites (tertiary alicyclic amines) is 1. The van der Waals surface area contributed by atoms with Crippen LogP contribution in [-0.2, 0) is 0 Å². The van der Waals surface area contributed by atoms with Crippen LogP contribution in [0.15, 0.2) is 0 Å². The minimum atomic E-state index is 0. The molecule has 0 saturated carbocycles. The second-order valence-electron chi connectivity index (χ2n) is 3.59. The molecule has 0 amide bonds. The van der Waals surface area contributed by atoms with Crippen molar-refractivity contribution in [1.29, 1.82) is 0 Å². The van der Waals surface area contributed by atoms with Gasteiger partial charge in [0.25, 0.3) is 0 Å². The van der Waals surface area contributed by atoms with Gasteiger partial charge in [-0.3, -0.25) is 0 Å². The molecule has 0 aromatic heterocycles. The molecule has 1 aliphatic heterocycles. The minimum Gasteiger partial charge on any atom is -0.358 e. The van der Waals surface area contributed by atoms with Gasteiger partial charge in [-0.05, 0) is 31.8 Å². The van der Waals surface area contributed by atoms with Crippen LogP contribution in [0.1, 0.15) is 26.2 Å². The molecule has 0 N–H and O–H groups in total. The van der Waals surface area contributed by atoms with Crippen molar-refractivity contribution >= 4 is 0 Å². The summed E-state index contributed by atoms with van der Waals surface area (Å²) in [4.78, 5) is 2.38. The van der Waals surface area contributed by atoms with Gasteiger partial charge in [0.1, 0.15) is 0 Å². The normalized spacial score (nSPS) is 24.5. The van der Waals surface area contributed by atoms with Crippen LogP contribution in [-0.4, -0.2) is 24.0 Å². The number of hydrogen-bond donors (Lipinski definition) is 0. The number of hydrogen-bond acceptors (Lipinski definition) is 1. The first kappa shape index (κ1) is 13.0. The molecular formula is C10H19NU. The van der Waals surface area contributed by atoms with Crippen LogP contribution in [0.25, 0.3) is 0 Å². The molecular weight excluding hydrogens is 372 g/mol. The van der Waals surface area contributed by atoms with E-state index < -0.39 is 0 Å². The Morgan fingerprint density at radius 1 is 1.50 bits per heavy atom. The fourth-order valence-electron chi connectivity index (χ4n) is 1.84. The summed E-state index contributed by atoms with van der Waals surface area (Å²) in [5, 5.41) is 0. The van der Waals surface area contributed by atoms with Crippen molar-refractivity contribution in [2.45, 2.75) is 32.2 Å². The number of rotatable bonds is 3. The van der Waals surface area contributed by atoms with E-state index >= 15 is 0 Å². The number of nitrogens with zero attached hydrogens (tertiary/aromatic N) is 1. The Bertz CT molecular complexity index is 114. The van der Waals surface area contributed by atoms with Gasteiger partial charge in [0.05, 0.1) is 0 Å². The summed E-state index contributed by atoms with van der Waals surface area (Å²) in [6, 6.07) is 0.261. The third kappa shape index (κ3) is 3.81. The molecule has 0 aromatic carbocycles. The second-order valence-corrected chi connectivity index (χ2v) is 3.59. The van der Waals surface area contributed by atoms with E-state index in [-0.39, 0.29) is 37.2 Å². The monoisotopic (exact) mass is 391 g/mol. The van der Waals surface area contributed by atoms with E-state index in [2.05, 4.69) is 25.7 Å². The van der Waals surface area contributed by atoms with E-state index in [1.54, 1.807) is 0 Å². The molecule has 1 atom stereocenters. The van der Waals surface area contributed by atoms with Crippen LogP contribution in [0, 0.1) is 50.9 Å². The van der Waals surface area contributed by atoms with E-state index in [0.717, 1.165) is 5.92 Å². The molecule has 1 unspecified atom stereocenters. The van der Waals surface area contributed by atoms with Gasteiger partial charge in [-0.1, -0.05) is 13.3 Å². The predicted molar refractivity (Wildman–Crippen MR) is 49.1 cm³/mol. The molecule has 0 bridgehead atoms. The molecule has 0 aromatic rings. The smallest absolute Gasteiger partial charge is 0.358 e. The zero-order valence-electron chi connectivity index (χ0n) is 8.05. The van der Waals surface area contributed by atoms with Crippen LogP contribution >= 0.6 is 0 Å². The molecule has 1 fully saturated rings. The third-order valence-electron chi connectivity index (χ3n) is 2.53. The molecule has 0 aliphatic carbocycles. The van der Waals surface area contributed by atoms with Gasteiger partial charge in [-0.15, -0.1) is 0 Å². The van der Waals surface area contributed by atoms with Crippen molar-refractivity contribution in [3.05, 3.63) is 13.8 Å². The second kappa shape index (κ2) is 6.46. The van der Waals surface area contributed by atoms with Gasteiger partial charge in [0.2, 0.25) is 0 Å². The first-order chi connectivity index (χ1) is 5.24. The summed E-state index contributed by atoms with van der Waals surface area (Å²) < 4.78 is 0. The molecule has 1 rings (SSSR count). The minimum absolute atomic E-state index is 0. The molecule has 2 heteroatoms. The zero-order valence-corrected chi connectivity index (χ0v) is 12.2. The molecule has 1 nitrogen and oxygen atoms in total. The van der Waals surface area contributed by atoms with Crippen molar-refractivity contribution < 1.29 is 31.1 Å². The Morgan fingerprint density at radius 2 is 2.17 bits per heavy atom. The fourth-order valence-corrected chi connectivity index (χ4v) is 1.84. The Morgan fingerprint density at radius 3 is 2.58 bits per heavy atom. The van der Waals surface area contributed by atoms with Gasteiger partial charge in [0.15, 0.2) is 0 Å². The van der Waals surface area contributed by atoms with Gasteiger partial charge < -0.3 is 18.7 Å². The molecule has 0 spiro atoms. The van der Waals surface area contributed by atoms with Crippen LogP contribution in [0.5, 0.6) is 0 Å². The Balaban J connectivity index is 0.00000121. The maximum absolute atomic E-state index is 3.93. The van der Waals surface area contributed by atoms with E-state index in [1.165, 1.54) is 32.4 Å². The molecule has 1 aliphatic rings. The molecule has 1 saturated heterocycles. The van der Waals surface area contributed by atoms with E-state index in [4.69, 9.17) is 0 Å². The topological polar surface area (TPSA) is 3.24 Å². The summed E-state index contributed by atoms with van der Waals surface area (Å²) in [5.41, 5.74) is 0. The largest absolute Gasteiger partial charge is 2.00 e. The zero-order chi connectivity index (χ0) is 8.27. The van der Waals surface area contributed by atoms with Crippen LogP contribution < -0.4 is 0 Å². The average Bonchev–Trinajstić information content (AvgIpc) is 2.37.